The fraction of sp³-hybridized carbons (Fsp3) is 0.316. The van der Waals surface area contributed by atoms with E-state index in [0.29, 0.717) is 18.6 Å². The molecule has 0 spiro atoms. The Morgan fingerprint density at radius 1 is 1.04 bits per heavy atom. The summed E-state index contributed by atoms with van der Waals surface area (Å²) in [6.07, 6.45) is 0.750. The quantitative estimate of drug-likeness (QED) is 0.317. The number of carbonyl (C=O) groups is 1. The molecule has 0 heterocycles. The van der Waals surface area contributed by atoms with Crippen molar-refractivity contribution in [2.45, 2.75) is 38.5 Å². The summed E-state index contributed by atoms with van der Waals surface area (Å²) in [5.74, 6) is 0.229. The predicted octanol–water partition coefficient (Wildman–Crippen LogP) is 2.92. The van der Waals surface area contributed by atoms with Crippen molar-refractivity contribution < 1.29 is 22.1 Å². The molecular weight excluding hydrogens is 363 g/mol. The molecule has 0 saturated carbocycles. The molecule has 2 aromatic carbocycles. The monoisotopic (exact) mass is 386 g/mol. The Hall–Kier alpha value is -1.18. The first-order valence-corrected chi connectivity index (χ1v) is 9.49. The normalized spacial score (nSPS) is 10.9. The van der Waals surface area contributed by atoms with Gasteiger partial charge >= 0.3 is 35.5 Å². The van der Waals surface area contributed by atoms with Crippen LogP contribution in [0.1, 0.15) is 30.0 Å². The van der Waals surface area contributed by atoms with Gasteiger partial charge < -0.3 is 4.74 Å². The molecule has 0 atom stereocenters. The summed E-state index contributed by atoms with van der Waals surface area (Å²) in [7, 11) is -3.75. The Balaban J connectivity index is 0.00000338. The summed E-state index contributed by atoms with van der Waals surface area (Å²) >= 11 is 0. The molecule has 0 aliphatic rings. The van der Waals surface area contributed by atoms with Crippen LogP contribution >= 0.6 is 0 Å². The molecule has 136 valence electrons. The van der Waals surface area contributed by atoms with E-state index < -0.39 is 10.1 Å². The molecule has 0 bridgehead atoms. The SMILES string of the molecule is CCC(=O)Oc1ccc(CCOS(=O)(=O)c2ccc(C)cc2)cc1C.[NaH]. The number of hydrogen-bond donors (Lipinski definition) is 0. The third kappa shape index (κ3) is 6.52. The van der Waals surface area contributed by atoms with Crippen molar-refractivity contribution in [2.24, 2.45) is 0 Å². The molecule has 0 amide bonds. The van der Waals surface area contributed by atoms with Crippen LogP contribution in [-0.4, -0.2) is 50.6 Å². The number of ether oxygens (including phenoxy) is 1. The van der Waals surface area contributed by atoms with E-state index in [2.05, 4.69) is 0 Å². The zero-order chi connectivity index (χ0) is 18.4. The molecule has 2 rings (SSSR count). The van der Waals surface area contributed by atoms with Crippen LogP contribution in [0.25, 0.3) is 0 Å². The number of aryl methyl sites for hydroxylation is 2. The van der Waals surface area contributed by atoms with Crippen molar-refractivity contribution in [3.05, 3.63) is 59.2 Å². The maximum atomic E-state index is 12.1. The minimum absolute atomic E-state index is 0. The van der Waals surface area contributed by atoms with E-state index in [4.69, 9.17) is 8.92 Å². The van der Waals surface area contributed by atoms with E-state index in [1.807, 2.05) is 19.9 Å². The molecule has 0 saturated heterocycles. The van der Waals surface area contributed by atoms with Crippen LogP contribution in [0.15, 0.2) is 47.4 Å². The summed E-state index contributed by atoms with van der Waals surface area (Å²) in [5.41, 5.74) is 2.71. The Bertz CT molecular complexity index is 845. The first kappa shape index (κ1) is 22.9. The van der Waals surface area contributed by atoms with Gasteiger partial charge in [0.25, 0.3) is 10.1 Å². The molecule has 0 N–H and O–H groups in total. The minimum atomic E-state index is -3.75. The van der Waals surface area contributed by atoms with Crippen molar-refractivity contribution in [1.82, 2.24) is 0 Å². The van der Waals surface area contributed by atoms with Gasteiger partial charge in [0, 0.05) is 6.42 Å². The van der Waals surface area contributed by atoms with Crippen molar-refractivity contribution in [2.75, 3.05) is 6.61 Å². The summed E-state index contributed by atoms with van der Waals surface area (Å²) in [5, 5.41) is 0. The molecule has 0 aromatic heterocycles. The molecule has 7 heteroatoms. The van der Waals surface area contributed by atoms with E-state index in [9.17, 15) is 13.2 Å². The third-order valence-electron chi connectivity index (χ3n) is 3.69. The first-order valence-electron chi connectivity index (χ1n) is 8.08. The second-order valence-electron chi connectivity index (χ2n) is 5.77. The van der Waals surface area contributed by atoms with Crippen LogP contribution in [0.5, 0.6) is 5.75 Å². The van der Waals surface area contributed by atoms with Gasteiger partial charge in [0.2, 0.25) is 0 Å². The standard InChI is InChI=1S/C19H22O5S.Na.H/c1-4-19(20)24-18-10-7-16(13-15(18)3)11-12-23-25(21,22)17-8-5-14(2)6-9-17;;/h5-10,13H,4,11-12H2,1-3H3;;. The topological polar surface area (TPSA) is 69.7 Å². The summed E-state index contributed by atoms with van der Waals surface area (Å²) in [6.45, 7) is 5.51. The Kier molecular flexibility index (Phi) is 9.00. The molecule has 0 radical (unpaired) electrons. The Labute approximate surface area is 177 Å². The fourth-order valence-electron chi connectivity index (χ4n) is 2.22. The number of rotatable bonds is 7. The van der Waals surface area contributed by atoms with Crippen LogP contribution in [0.2, 0.25) is 0 Å². The van der Waals surface area contributed by atoms with E-state index in [1.54, 1.807) is 31.2 Å². The molecule has 26 heavy (non-hydrogen) atoms. The average molecular weight is 386 g/mol. The van der Waals surface area contributed by atoms with Crippen LogP contribution in [-0.2, 0) is 25.5 Å². The van der Waals surface area contributed by atoms with Gasteiger partial charge in [-0.1, -0.05) is 36.8 Å². The molecule has 0 unspecified atom stereocenters. The van der Waals surface area contributed by atoms with Crippen molar-refractivity contribution in [1.29, 1.82) is 0 Å². The zero-order valence-corrected chi connectivity index (χ0v) is 15.4. The van der Waals surface area contributed by atoms with Gasteiger partial charge in [0.05, 0.1) is 11.5 Å². The van der Waals surface area contributed by atoms with Gasteiger partial charge in [0.15, 0.2) is 0 Å². The first-order chi connectivity index (χ1) is 11.8. The number of hydrogen-bond acceptors (Lipinski definition) is 5. The van der Waals surface area contributed by atoms with Gasteiger partial charge in [-0.3, -0.25) is 8.98 Å². The number of benzene rings is 2. The number of carbonyl (C=O) groups excluding carboxylic acids is 1. The van der Waals surface area contributed by atoms with Gasteiger partial charge in [0.1, 0.15) is 5.75 Å². The van der Waals surface area contributed by atoms with E-state index >= 15 is 0 Å². The van der Waals surface area contributed by atoms with Gasteiger partial charge in [-0.15, -0.1) is 0 Å². The van der Waals surface area contributed by atoms with E-state index in [-0.39, 0.29) is 47.0 Å². The Morgan fingerprint density at radius 2 is 1.69 bits per heavy atom. The molecule has 0 aliphatic carbocycles. The second kappa shape index (κ2) is 10.2. The van der Waals surface area contributed by atoms with Crippen LogP contribution < -0.4 is 4.74 Å². The van der Waals surface area contributed by atoms with Crippen molar-refractivity contribution in [3.63, 3.8) is 0 Å². The maximum absolute atomic E-state index is 12.1. The van der Waals surface area contributed by atoms with Gasteiger partial charge in [-0.25, -0.2) is 0 Å². The molecule has 5 nitrogen and oxygen atoms in total. The Morgan fingerprint density at radius 3 is 2.27 bits per heavy atom. The van der Waals surface area contributed by atoms with Crippen LogP contribution in [0, 0.1) is 13.8 Å². The fourth-order valence-corrected chi connectivity index (χ4v) is 3.13. The summed E-state index contributed by atoms with van der Waals surface area (Å²) in [6, 6.07) is 11.9. The molecule has 0 aliphatic heterocycles. The van der Waals surface area contributed by atoms with E-state index in [1.165, 1.54) is 12.1 Å². The number of esters is 1. The van der Waals surface area contributed by atoms with Crippen molar-refractivity contribution >= 4 is 45.6 Å². The molecule has 2 aromatic rings. The van der Waals surface area contributed by atoms with E-state index in [0.717, 1.165) is 16.7 Å². The summed E-state index contributed by atoms with van der Waals surface area (Å²) in [4.78, 5) is 11.5. The van der Waals surface area contributed by atoms with Crippen LogP contribution in [0.4, 0.5) is 0 Å². The zero-order valence-electron chi connectivity index (χ0n) is 14.6. The third-order valence-corrected chi connectivity index (χ3v) is 5.02. The van der Waals surface area contributed by atoms with Gasteiger partial charge in [-0.05, 0) is 49.6 Å². The second-order valence-corrected chi connectivity index (χ2v) is 7.38. The molecular formula is C19H23NaO5S. The average Bonchev–Trinajstić information content (AvgIpc) is 2.57. The van der Waals surface area contributed by atoms with Crippen molar-refractivity contribution in [3.8, 4) is 5.75 Å². The van der Waals surface area contributed by atoms with Gasteiger partial charge in [-0.2, -0.15) is 8.42 Å². The summed E-state index contributed by atoms with van der Waals surface area (Å²) < 4.78 is 34.6. The predicted molar refractivity (Wildman–Crippen MR) is 102 cm³/mol. The van der Waals surface area contributed by atoms with Crippen LogP contribution in [0.3, 0.4) is 0 Å². The molecule has 0 fully saturated rings.